The van der Waals surface area contributed by atoms with E-state index >= 15 is 0 Å². The van der Waals surface area contributed by atoms with E-state index in [2.05, 4.69) is 26.6 Å². The number of aromatic nitrogens is 1. The molecule has 24 heavy (non-hydrogen) atoms. The first kappa shape index (κ1) is 16.3. The van der Waals surface area contributed by atoms with Gasteiger partial charge in [-0.1, -0.05) is 6.07 Å². The molecule has 0 spiro atoms. The van der Waals surface area contributed by atoms with Gasteiger partial charge >= 0.3 is 6.03 Å². The number of hydrogen-bond acceptors (Lipinski definition) is 3. The number of hydrogen-bond donors (Lipinski definition) is 2. The molecule has 1 fully saturated rings. The summed E-state index contributed by atoms with van der Waals surface area (Å²) < 4.78 is 0. The topological polar surface area (TPSA) is 57.3 Å². The Kier molecular flexibility index (Phi) is 5.31. The quantitative estimate of drug-likeness (QED) is 0.895. The van der Waals surface area contributed by atoms with Crippen LogP contribution in [-0.2, 0) is 0 Å². The van der Waals surface area contributed by atoms with E-state index in [4.69, 9.17) is 0 Å². The Bertz CT molecular complexity index is 668. The van der Waals surface area contributed by atoms with Gasteiger partial charge in [0.05, 0.1) is 6.04 Å². The van der Waals surface area contributed by atoms with Crippen LogP contribution in [0.3, 0.4) is 0 Å². The maximum atomic E-state index is 12.2. The number of anilines is 2. The first-order valence-corrected chi connectivity index (χ1v) is 8.55. The first-order chi connectivity index (χ1) is 11.7. The minimum Gasteiger partial charge on any atom is -0.371 e. The Morgan fingerprint density at radius 1 is 1.12 bits per heavy atom. The number of carbonyl (C=O) groups is 1. The van der Waals surface area contributed by atoms with Crippen LogP contribution in [0.4, 0.5) is 16.2 Å². The molecule has 2 N–H and O–H groups in total. The molecule has 0 aliphatic carbocycles. The summed E-state index contributed by atoms with van der Waals surface area (Å²) in [6.07, 6.45) is 7.24. The lowest BCUT2D eigenvalue weighted by Crippen LogP contribution is -2.31. The van der Waals surface area contributed by atoms with Gasteiger partial charge in [0.2, 0.25) is 0 Å². The highest BCUT2D eigenvalue weighted by atomic mass is 16.2. The van der Waals surface area contributed by atoms with Crippen LogP contribution in [-0.4, -0.2) is 24.1 Å². The van der Waals surface area contributed by atoms with Gasteiger partial charge in [0.15, 0.2) is 0 Å². The van der Waals surface area contributed by atoms with Gasteiger partial charge in [-0.2, -0.15) is 0 Å². The van der Waals surface area contributed by atoms with E-state index in [1.165, 1.54) is 24.9 Å². The molecule has 1 aromatic heterocycles. The smallest absolute Gasteiger partial charge is 0.319 e. The second-order valence-corrected chi connectivity index (χ2v) is 6.20. The van der Waals surface area contributed by atoms with Crippen LogP contribution in [0.25, 0.3) is 0 Å². The molecule has 2 amide bonds. The summed E-state index contributed by atoms with van der Waals surface area (Å²) in [4.78, 5) is 18.6. The van der Waals surface area contributed by atoms with Crippen LogP contribution in [0.2, 0.25) is 0 Å². The van der Waals surface area contributed by atoms with Crippen molar-refractivity contribution in [2.45, 2.75) is 32.2 Å². The summed E-state index contributed by atoms with van der Waals surface area (Å²) in [6, 6.07) is 11.6. The fraction of sp³-hybridized carbons (Fsp3) is 0.368. The molecule has 1 aromatic carbocycles. The van der Waals surface area contributed by atoms with Crippen LogP contribution < -0.4 is 15.5 Å². The maximum Gasteiger partial charge on any atom is 0.319 e. The summed E-state index contributed by atoms with van der Waals surface area (Å²) in [5.41, 5.74) is 3.02. The van der Waals surface area contributed by atoms with Crippen molar-refractivity contribution >= 4 is 17.4 Å². The number of carbonyl (C=O) groups excluding carboxylic acids is 1. The normalized spacial score (nSPS) is 15.6. The van der Waals surface area contributed by atoms with Crippen molar-refractivity contribution in [1.82, 2.24) is 10.3 Å². The number of nitrogens with one attached hydrogen (secondary N) is 2. The van der Waals surface area contributed by atoms with E-state index in [1.54, 1.807) is 12.4 Å². The summed E-state index contributed by atoms with van der Waals surface area (Å²) >= 11 is 0. The molecule has 2 heterocycles. The Labute approximate surface area is 143 Å². The first-order valence-electron chi connectivity index (χ1n) is 8.55. The number of benzene rings is 1. The fourth-order valence-electron chi connectivity index (χ4n) is 3.03. The van der Waals surface area contributed by atoms with Crippen LogP contribution in [0.15, 0.2) is 48.8 Å². The molecule has 5 nitrogen and oxygen atoms in total. The predicted octanol–water partition coefficient (Wildman–Crippen LogP) is 3.95. The van der Waals surface area contributed by atoms with Gasteiger partial charge in [-0.05, 0) is 62.1 Å². The van der Waals surface area contributed by atoms with Crippen molar-refractivity contribution in [3.63, 3.8) is 0 Å². The van der Waals surface area contributed by atoms with E-state index in [0.717, 1.165) is 24.3 Å². The summed E-state index contributed by atoms with van der Waals surface area (Å²) in [7, 11) is 0. The standard InChI is InChI=1S/C19H24N4O/c1-15(16-8-10-20-11-9-16)21-19(24)22-17-6-5-7-18(14-17)23-12-3-2-4-13-23/h5-11,14-15H,2-4,12-13H2,1H3,(H2,21,22,24). The minimum absolute atomic E-state index is 0.0710. The van der Waals surface area contributed by atoms with E-state index in [-0.39, 0.29) is 12.1 Å². The number of rotatable bonds is 4. The molecule has 126 valence electrons. The zero-order valence-electron chi connectivity index (χ0n) is 14.0. The Balaban J connectivity index is 1.60. The second-order valence-electron chi connectivity index (χ2n) is 6.20. The molecule has 1 aliphatic rings. The zero-order valence-corrected chi connectivity index (χ0v) is 14.0. The average molecular weight is 324 g/mol. The highest BCUT2D eigenvalue weighted by molar-refractivity contribution is 5.90. The van der Waals surface area contributed by atoms with Crippen molar-refractivity contribution < 1.29 is 4.79 Å². The van der Waals surface area contributed by atoms with Crippen molar-refractivity contribution in [3.8, 4) is 0 Å². The average Bonchev–Trinajstić information content (AvgIpc) is 2.63. The van der Waals surface area contributed by atoms with Crippen LogP contribution in [0.1, 0.15) is 37.8 Å². The molecule has 1 atom stereocenters. The molecule has 0 radical (unpaired) electrons. The molecule has 2 aromatic rings. The zero-order chi connectivity index (χ0) is 16.8. The lowest BCUT2D eigenvalue weighted by atomic mass is 10.1. The number of pyridine rings is 1. The van der Waals surface area contributed by atoms with Crippen molar-refractivity contribution in [3.05, 3.63) is 54.4 Å². The predicted molar refractivity (Wildman–Crippen MR) is 97.3 cm³/mol. The van der Waals surface area contributed by atoms with Crippen LogP contribution in [0, 0.1) is 0 Å². The van der Waals surface area contributed by atoms with Crippen molar-refractivity contribution in [2.75, 3.05) is 23.3 Å². The largest absolute Gasteiger partial charge is 0.371 e. The van der Waals surface area contributed by atoms with E-state index in [9.17, 15) is 4.79 Å². The molecule has 1 aliphatic heterocycles. The SMILES string of the molecule is CC(NC(=O)Nc1cccc(N2CCCCC2)c1)c1ccncc1. The number of urea groups is 1. The fourth-order valence-corrected chi connectivity index (χ4v) is 3.03. The van der Waals surface area contributed by atoms with Gasteiger partial charge in [-0.3, -0.25) is 4.98 Å². The van der Waals surface area contributed by atoms with E-state index in [0.29, 0.717) is 0 Å². The Morgan fingerprint density at radius 3 is 2.62 bits per heavy atom. The highest BCUT2D eigenvalue weighted by Crippen LogP contribution is 2.23. The van der Waals surface area contributed by atoms with Gasteiger partial charge in [0.1, 0.15) is 0 Å². The molecule has 5 heteroatoms. The van der Waals surface area contributed by atoms with Crippen molar-refractivity contribution in [1.29, 1.82) is 0 Å². The maximum absolute atomic E-state index is 12.2. The molecule has 1 saturated heterocycles. The summed E-state index contributed by atoms with van der Waals surface area (Å²) in [5, 5.41) is 5.88. The van der Waals surface area contributed by atoms with Crippen LogP contribution in [0.5, 0.6) is 0 Å². The highest BCUT2D eigenvalue weighted by Gasteiger charge is 2.13. The third-order valence-electron chi connectivity index (χ3n) is 4.38. The minimum atomic E-state index is -0.199. The van der Waals surface area contributed by atoms with Crippen LogP contribution >= 0.6 is 0 Å². The lowest BCUT2D eigenvalue weighted by Gasteiger charge is -2.29. The molecule has 1 unspecified atom stereocenters. The van der Waals surface area contributed by atoms with Gasteiger partial charge in [0, 0.05) is 36.9 Å². The van der Waals surface area contributed by atoms with Crippen molar-refractivity contribution in [2.24, 2.45) is 0 Å². The molecule has 0 bridgehead atoms. The van der Waals surface area contributed by atoms with E-state index in [1.807, 2.05) is 37.3 Å². The number of piperidine rings is 1. The molecule has 3 rings (SSSR count). The van der Waals surface area contributed by atoms with Gasteiger partial charge in [0.25, 0.3) is 0 Å². The second kappa shape index (κ2) is 7.81. The summed E-state index contributed by atoms with van der Waals surface area (Å²) in [5.74, 6) is 0. The number of amides is 2. The van der Waals surface area contributed by atoms with E-state index < -0.39 is 0 Å². The van der Waals surface area contributed by atoms with Gasteiger partial charge in [-0.15, -0.1) is 0 Å². The third-order valence-corrected chi connectivity index (χ3v) is 4.38. The monoisotopic (exact) mass is 324 g/mol. The Morgan fingerprint density at radius 2 is 1.88 bits per heavy atom. The Hall–Kier alpha value is -2.56. The van der Waals surface area contributed by atoms with Gasteiger partial charge < -0.3 is 15.5 Å². The third kappa shape index (κ3) is 4.25. The summed E-state index contributed by atoms with van der Waals surface area (Å²) in [6.45, 7) is 4.14. The number of nitrogens with zero attached hydrogens (tertiary/aromatic N) is 2. The molecule has 0 saturated carbocycles. The molecular weight excluding hydrogens is 300 g/mol. The van der Waals surface area contributed by atoms with Gasteiger partial charge in [-0.25, -0.2) is 4.79 Å². The lowest BCUT2D eigenvalue weighted by molar-refractivity contribution is 0.249. The molecular formula is C19H24N4O.